The number of rotatable bonds is 11. The summed E-state index contributed by atoms with van der Waals surface area (Å²) < 4.78 is 11.3. The van der Waals surface area contributed by atoms with Gasteiger partial charge in [-0.1, -0.05) is 72.6 Å². The van der Waals surface area contributed by atoms with E-state index in [1.807, 2.05) is 68.4 Å². The summed E-state index contributed by atoms with van der Waals surface area (Å²) in [6, 6.07) is 20.1. The van der Waals surface area contributed by atoms with Crippen LogP contribution >= 0.6 is 23.2 Å². The van der Waals surface area contributed by atoms with Crippen LogP contribution in [0.4, 0.5) is 0 Å². The van der Waals surface area contributed by atoms with E-state index >= 15 is 0 Å². The first-order valence-corrected chi connectivity index (χ1v) is 14.1. The third kappa shape index (κ3) is 7.90. The highest BCUT2D eigenvalue weighted by atomic mass is 35.5. The molecule has 206 valence electrons. The van der Waals surface area contributed by atoms with Gasteiger partial charge in [0.15, 0.2) is 11.5 Å². The zero-order valence-electron chi connectivity index (χ0n) is 22.3. The quantitative estimate of drug-likeness (QED) is 0.297. The van der Waals surface area contributed by atoms with E-state index in [1.54, 1.807) is 17.0 Å². The standard InChI is InChI=1S/C31H34Cl2N2O4/c1-3-21(2)34-31(37)27(18-22-7-5-4-6-8-22)35(20-24-9-12-25(32)26(33)17-24)30(36)14-11-23-10-13-28-29(19-23)39-16-15-38-28/h4-10,12-13,17,19,21,27H,3,11,14-16,18,20H2,1-2H3,(H,34,37)/t21-,27+/m1/s1. The number of halogens is 2. The van der Waals surface area contributed by atoms with E-state index < -0.39 is 6.04 Å². The lowest BCUT2D eigenvalue weighted by atomic mass is 10.0. The van der Waals surface area contributed by atoms with E-state index in [-0.39, 0.29) is 30.8 Å². The molecule has 1 aliphatic heterocycles. The summed E-state index contributed by atoms with van der Waals surface area (Å²) in [5.41, 5.74) is 2.73. The van der Waals surface area contributed by atoms with Crippen LogP contribution in [-0.2, 0) is 29.0 Å². The number of carbonyl (C=O) groups excluding carboxylic acids is 2. The smallest absolute Gasteiger partial charge is 0.243 e. The molecule has 0 unspecified atom stereocenters. The lowest BCUT2D eigenvalue weighted by Crippen LogP contribution is -2.52. The van der Waals surface area contributed by atoms with Crippen LogP contribution in [0.3, 0.4) is 0 Å². The van der Waals surface area contributed by atoms with Gasteiger partial charge in [-0.15, -0.1) is 0 Å². The fourth-order valence-corrected chi connectivity index (χ4v) is 4.79. The Balaban J connectivity index is 1.61. The summed E-state index contributed by atoms with van der Waals surface area (Å²) in [6.45, 7) is 5.23. The molecule has 4 rings (SSSR count). The largest absolute Gasteiger partial charge is 0.486 e. The fourth-order valence-electron chi connectivity index (χ4n) is 4.47. The third-order valence-electron chi connectivity index (χ3n) is 6.84. The molecule has 1 heterocycles. The van der Waals surface area contributed by atoms with Gasteiger partial charge in [0.2, 0.25) is 11.8 Å². The van der Waals surface area contributed by atoms with Gasteiger partial charge in [-0.2, -0.15) is 0 Å². The van der Waals surface area contributed by atoms with Gasteiger partial charge in [0.25, 0.3) is 0 Å². The van der Waals surface area contributed by atoms with Gasteiger partial charge in [0.05, 0.1) is 10.0 Å². The van der Waals surface area contributed by atoms with Gasteiger partial charge in [0, 0.05) is 25.4 Å². The van der Waals surface area contributed by atoms with Crippen molar-refractivity contribution in [3.63, 3.8) is 0 Å². The molecule has 6 nitrogen and oxygen atoms in total. The zero-order chi connectivity index (χ0) is 27.8. The highest BCUT2D eigenvalue weighted by Gasteiger charge is 2.31. The van der Waals surface area contributed by atoms with Crippen molar-refractivity contribution in [1.82, 2.24) is 10.2 Å². The Morgan fingerprint density at radius 2 is 1.62 bits per heavy atom. The van der Waals surface area contributed by atoms with Crippen molar-refractivity contribution in [2.24, 2.45) is 0 Å². The predicted octanol–water partition coefficient (Wildman–Crippen LogP) is 6.25. The minimum atomic E-state index is -0.705. The molecule has 0 fully saturated rings. The molecule has 0 saturated heterocycles. The number of benzene rings is 3. The van der Waals surface area contributed by atoms with Gasteiger partial charge in [0.1, 0.15) is 19.3 Å². The zero-order valence-corrected chi connectivity index (χ0v) is 23.8. The maximum absolute atomic E-state index is 13.9. The molecular weight excluding hydrogens is 535 g/mol. The van der Waals surface area contributed by atoms with Crippen molar-refractivity contribution in [1.29, 1.82) is 0 Å². The third-order valence-corrected chi connectivity index (χ3v) is 7.58. The summed E-state index contributed by atoms with van der Waals surface area (Å²) in [5.74, 6) is 1.09. The summed E-state index contributed by atoms with van der Waals surface area (Å²) in [7, 11) is 0. The van der Waals surface area contributed by atoms with Crippen molar-refractivity contribution in [3.05, 3.63) is 93.5 Å². The van der Waals surface area contributed by atoms with Crippen LogP contribution in [0.2, 0.25) is 10.0 Å². The van der Waals surface area contributed by atoms with E-state index in [0.29, 0.717) is 47.6 Å². The van der Waals surface area contributed by atoms with Gasteiger partial charge in [-0.3, -0.25) is 9.59 Å². The van der Waals surface area contributed by atoms with Crippen molar-refractivity contribution in [3.8, 4) is 11.5 Å². The van der Waals surface area contributed by atoms with Gasteiger partial charge >= 0.3 is 0 Å². The molecule has 2 amide bonds. The molecule has 1 aliphatic rings. The Morgan fingerprint density at radius 1 is 0.897 bits per heavy atom. The second-order valence-corrected chi connectivity index (χ2v) is 10.6. The van der Waals surface area contributed by atoms with E-state index in [1.165, 1.54) is 0 Å². The number of hydrogen-bond acceptors (Lipinski definition) is 4. The van der Waals surface area contributed by atoms with Gasteiger partial charge in [-0.05, 0) is 60.7 Å². The first-order valence-electron chi connectivity index (χ1n) is 13.3. The Kier molecular flexibility index (Phi) is 10.1. The summed E-state index contributed by atoms with van der Waals surface area (Å²) in [5, 5.41) is 3.93. The number of nitrogens with zero attached hydrogens (tertiary/aromatic N) is 1. The molecule has 3 aromatic carbocycles. The number of carbonyl (C=O) groups is 2. The average molecular weight is 570 g/mol. The number of ether oxygens (including phenoxy) is 2. The van der Waals surface area contributed by atoms with Crippen LogP contribution in [0, 0.1) is 0 Å². The van der Waals surface area contributed by atoms with Crippen LogP contribution < -0.4 is 14.8 Å². The monoisotopic (exact) mass is 568 g/mol. The topological polar surface area (TPSA) is 67.9 Å². The minimum absolute atomic E-state index is 0.0181. The van der Waals surface area contributed by atoms with Crippen molar-refractivity contribution >= 4 is 35.0 Å². The van der Waals surface area contributed by atoms with E-state index in [0.717, 1.165) is 23.1 Å². The van der Waals surface area contributed by atoms with E-state index in [9.17, 15) is 9.59 Å². The lowest BCUT2D eigenvalue weighted by molar-refractivity contribution is -0.141. The highest BCUT2D eigenvalue weighted by molar-refractivity contribution is 6.42. The Labute approximate surface area is 240 Å². The maximum atomic E-state index is 13.9. The van der Waals surface area contributed by atoms with Gasteiger partial charge < -0.3 is 19.7 Å². The Morgan fingerprint density at radius 3 is 2.33 bits per heavy atom. The van der Waals surface area contributed by atoms with E-state index in [4.69, 9.17) is 32.7 Å². The summed E-state index contributed by atoms with van der Waals surface area (Å²) in [6.07, 6.45) is 1.90. The predicted molar refractivity (Wildman–Crippen MR) is 155 cm³/mol. The molecule has 0 saturated carbocycles. The molecule has 2 atom stereocenters. The molecule has 0 radical (unpaired) electrons. The van der Waals surface area contributed by atoms with Crippen molar-refractivity contribution in [2.45, 2.75) is 58.2 Å². The molecule has 0 spiro atoms. The SMILES string of the molecule is CC[C@@H](C)NC(=O)[C@H](Cc1ccccc1)N(Cc1ccc(Cl)c(Cl)c1)C(=O)CCc1ccc2c(c1)OCCO2. The van der Waals surface area contributed by atoms with Crippen molar-refractivity contribution < 1.29 is 19.1 Å². The highest BCUT2D eigenvalue weighted by Crippen LogP contribution is 2.31. The van der Waals surface area contributed by atoms with Crippen LogP contribution in [0.15, 0.2) is 66.7 Å². The molecule has 8 heteroatoms. The van der Waals surface area contributed by atoms with Crippen LogP contribution in [0.1, 0.15) is 43.4 Å². The maximum Gasteiger partial charge on any atom is 0.243 e. The first kappa shape index (κ1) is 28.8. The summed E-state index contributed by atoms with van der Waals surface area (Å²) >= 11 is 12.4. The summed E-state index contributed by atoms with van der Waals surface area (Å²) in [4.78, 5) is 29.2. The fraction of sp³-hybridized carbons (Fsp3) is 0.355. The molecule has 0 bridgehead atoms. The van der Waals surface area contributed by atoms with Crippen LogP contribution in [-0.4, -0.2) is 42.0 Å². The van der Waals surface area contributed by atoms with Crippen LogP contribution in [0.25, 0.3) is 0 Å². The molecule has 39 heavy (non-hydrogen) atoms. The molecule has 3 aromatic rings. The molecule has 0 aromatic heterocycles. The van der Waals surface area contributed by atoms with Crippen LogP contribution in [0.5, 0.6) is 11.5 Å². The number of amides is 2. The van der Waals surface area contributed by atoms with Crippen molar-refractivity contribution in [2.75, 3.05) is 13.2 Å². The Hall–Kier alpha value is -3.22. The number of fused-ring (bicyclic) bond motifs is 1. The molecular formula is C31H34Cl2N2O4. The Bertz CT molecular complexity index is 1280. The average Bonchev–Trinajstić information content (AvgIpc) is 2.95. The number of aryl methyl sites for hydroxylation is 1. The second-order valence-electron chi connectivity index (χ2n) is 9.77. The number of nitrogens with one attached hydrogen (secondary N) is 1. The van der Waals surface area contributed by atoms with Gasteiger partial charge in [-0.25, -0.2) is 0 Å². The molecule has 1 N–H and O–H groups in total. The second kappa shape index (κ2) is 13.7. The lowest BCUT2D eigenvalue weighted by Gasteiger charge is -2.32. The normalized spacial score (nSPS) is 13.8. The minimum Gasteiger partial charge on any atom is -0.486 e. The first-order chi connectivity index (χ1) is 18.8. The molecule has 0 aliphatic carbocycles. The number of hydrogen-bond donors (Lipinski definition) is 1. The van der Waals surface area contributed by atoms with E-state index in [2.05, 4.69) is 5.32 Å².